The SMILES string of the molecule is CC(Br)(CCl)S(=O)(=O)c1ccc([N+](=O)[O-])cc1. The van der Waals surface area contributed by atoms with Crippen molar-refractivity contribution in [1.29, 1.82) is 0 Å². The summed E-state index contributed by atoms with van der Waals surface area (Å²) in [7, 11) is -3.67. The van der Waals surface area contributed by atoms with E-state index in [0.29, 0.717) is 0 Å². The molecule has 0 spiro atoms. The maximum atomic E-state index is 12.1. The maximum absolute atomic E-state index is 12.1. The van der Waals surface area contributed by atoms with E-state index in [1.54, 1.807) is 0 Å². The highest BCUT2D eigenvalue weighted by Gasteiger charge is 2.37. The van der Waals surface area contributed by atoms with E-state index in [2.05, 4.69) is 15.9 Å². The molecule has 0 aliphatic rings. The monoisotopic (exact) mass is 341 g/mol. The van der Waals surface area contributed by atoms with Gasteiger partial charge in [0.15, 0.2) is 9.84 Å². The van der Waals surface area contributed by atoms with Crippen LogP contribution in [0.5, 0.6) is 0 Å². The summed E-state index contributed by atoms with van der Waals surface area (Å²) < 4.78 is 22.8. The summed E-state index contributed by atoms with van der Waals surface area (Å²) in [6.07, 6.45) is 0. The highest BCUT2D eigenvalue weighted by Crippen LogP contribution is 2.33. The van der Waals surface area contributed by atoms with E-state index in [4.69, 9.17) is 11.6 Å². The molecule has 1 aromatic rings. The maximum Gasteiger partial charge on any atom is 0.269 e. The largest absolute Gasteiger partial charge is 0.269 e. The van der Waals surface area contributed by atoms with Crippen LogP contribution in [0.15, 0.2) is 29.2 Å². The molecule has 0 radical (unpaired) electrons. The molecule has 0 saturated heterocycles. The van der Waals surface area contributed by atoms with Gasteiger partial charge in [-0.25, -0.2) is 8.42 Å². The lowest BCUT2D eigenvalue weighted by Crippen LogP contribution is -2.30. The summed E-state index contributed by atoms with van der Waals surface area (Å²) in [5.41, 5.74) is -0.161. The number of nitro groups is 1. The number of alkyl halides is 2. The molecule has 0 aromatic heterocycles. The Hall–Kier alpha value is -0.660. The molecule has 1 rings (SSSR count). The summed E-state index contributed by atoms with van der Waals surface area (Å²) in [4.78, 5) is 9.84. The van der Waals surface area contributed by atoms with Gasteiger partial charge in [-0.05, 0) is 19.1 Å². The van der Waals surface area contributed by atoms with Gasteiger partial charge < -0.3 is 0 Å². The van der Waals surface area contributed by atoms with Crippen LogP contribution in [0.1, 0.15) is 6.92 Å². The van der Waals surface area contributed by atoms with Crippen molar-refractivity contribution in [3.05, 3.63) is 34.4 Å². The Morgan fingerprint density at radius 1 is 1.41 bits per heavy atom. The van der Waals surface area contributed by atoms with E-state index in [9.17, 15) is 18.5 Å². The molecule has 17 heavy (non-hydrogen) atoms. The van der Waals surface area contributed by atoms with Crippen molar-refractivity contribution in [1.82, 2.24) is 0 Å². The number of halogens is 2. The first-order valence-electron chi connectivity index (χ1n) is 4.46. The number of non-ortho nitro benzene ring substituents is 1. The second kappa shape index (κ2) is 4.91. The van der Waals surface area contributed by atoms with Crippen molar-refractivity contribution in [3.8, 4) is 0 Å². The van der Waals surface area contributed by atoms with Crippen molar-refractivity contribution in [3.63, 3.8) is 0 Å². The lowest BCUT2D eigenvalue weighted by molar-refractivity contribution is -0.384. The first-order chi connectivity index (χ1) is 7.72. The Bertz CT molecular complexity index is 526. The van der Waals surface area contributed by atoms with Crippen LogP contribution in [0.3, 0.4) is 0 Å². The van der Waals surface area contributed by atoms with E-state index in [1.165, 1.54) is 19.1 Å². The zero-order chi connectivity index (χ0) is 13.3. The van der Waals surface area contributed by atoms with Gasteiger partial charge in [0.25, 0.3) is 5.69 Å². The molecule has 0 fully saturated rings. The Kier molecular flexibility index (Phi) is 4.16. The molecule has 94 valence electrons. The first-order valence-corrected chi connectivity index (χ1v) is 7.27. The first kappa shape index (κ1) is 14.4. The van der Waals surface area contributed by atoms with Crippen molar-refractivity contribution < 1.29 is 13.3 Å². The lowest BCUT2D eigenvalue weighted by atomic mass is 10.3. The van der Waals surface area contributed by atoms with Gasteiger partial charge >= 0.3 is 0 Å². The highest BCUT2D eigenvalue weighted by molar-refractivity contribution is 9.11. The van der Waals surface area contributed by atoms with E-state index < -0.39 is 18.4 Å². The molecule has 0 aliphatic carbocycles. The van der Waals surface area contributed by atoms with E-state index in [1.807, 2.05) is 0 Å². The van der Waals surface area contributed by atoms with Gasteiger partial charge in [-0.3, -0.25) is 10.1 Å². The quantitative estimate of drug-likeness (QED) is 0.479. The predicted molar refractivity (Wildman–Crippen MR) is 68.3 cm³/mol. The molecular formula is C9H9BrClNO4S. The molecule has 1 atom stereocenters. The van der Waals surface area contributed by atoms with Crippen molar-refractivity contribution in [2.45, 2.75) is 15.5 Å². The van der Waals surface area contributed by atoms with E-state index >= 15 is 0 Å². The highest BCUT2D eigenvalue weighted by atomic mass is 79.9. The Balaban J connectivity index is 3.22. The van der Waals surface area contributed by atoms with Crippen LogP contribution in [0.2, 0.25) is 0 Å². The fourth-order valence-corrected chi connectivity index (χ4v) is 3.19. The molecule has 1 unspecified atom stereocenters. The molecule has 0 N–H and O–H groups in total. The second-order valence-corrected chi connectivity index (χ2v) is 8.41. The van der Waals surface area contributed by atoms with Crippen molar-refractivity contribution in [2.24, 2.45) is 0 Å². The average molecular weight is 343 g/mol. The standard InChI is InChI=1S/C9H9BrClNO4S/c1-9(10,6-11)17(15,16)8-4-2-7(3-5-8)12(13)14/h2-5H,6H2,1H3. The summed E-state index contributed by atoms with van der Waals surface area (Å²) >= 11 is 8.61. The van der Waals surface area contributed by atoms with Crippen LogP contribution in [-0.4, -0.2) is 22.9 Å². The molecule has 0 heterocycles. The third-order valence-electron chi connectivity index (χ3n) is 2.16. The molecule has 1 aromatic carbocycles. The number of nitrogens with zero attached hydrogens (tertiary/aromatic N) is 1. The molecule has 0 saturated carbocycles. The number of nitro benzene ring substituents is 1. The van der Waals surface area contributed by atoms with Crippen LogP contribution in [0.4, 0.5) is 5.69 Å². The number of hydrogen-bond donors (Lipinski definition) is 0. The summed E-state index contributed by atoms with van der Waals surface area (Å²) in [6, 6.07) is 4.67. The van der Waals surface area contributed by atoms with Crippen molar-refractivity contribution in [2.75, 3.05) is 5.88 Å². The molecule has 0 amide bonds. The van der Waals surface area contributed by atoms with Crippen LogP contribution in [0, 0.1) is 10.1 Å². The number of benzene rings is 1. The summed E-state index contributed by atoms with van der Waals surface area (Å²) in [6.45, 7) is 1.43. The van der Waals surface area contributed by atoms with Crippen LogP contribution in [0.25, 0.3) is 0 Å². The Morgan fingerprint density at radius 2 is 1.88 bits per heavy atom. The van der Waals surface area contributed by atoms with Gasteiger partial charge in [0.05, 0.1) is 15.7 Å². The fourth-order valence-electron chi connectivity index (χ4n) is 1.06. The van der Waals surface area contributed by atoms with E-state index in [0.717, 1.165) is 12.1 Å². The summed E-state index contributed by atoms with van der Waals surface area (Å²) in [5.74, 6) is -0.133. The Labute approximate surface area is 112 Å². The van der Waals surface area contributed by atoms with Gasteiger partial charge in [-0.15, -0.1) is 11.6 Å². The minimum Gasteiger partial charge on any atom is -0.258 e. The van der Waals surface area contributed by atoms with Gasteiger partial charge in [0.1, 0.15) is 3.66 Å². The van der Waals surface area contributed by atoms with Gasteiger partial charge in [0, 0.05) is 12.1 Å². The molecular weight excluding hydrogens is 334 g/mol. The zero-order valence-corrected chi connectivity index (χ0v) is 11.9. The van der Waals surface area contributed by atoms with E-state index in [-0.39, 0.29) is 16.5 Å². The zero-order valence-electron chi connectivity index (χ0n) is 8.76. The van der Waals surface area contributed by atoms with Crippen LogP contribution < -0.4 is 0 Å². The Morgan fingerprint density at radius 3 is 2.24 bits per heavy atom. The fraction of sp³-hybridized carbons (Fsp3) is 0.333. The summed E-state index contributed by atoms with van der Waals surface area (Å²) in [5, 5.41) is 10.4. The van der Waals surface area contributed by atoms with Crippen LogP contribution >= 0.6 is 27.5 Å². The lowest BCUT2D eigenvalue weighted by Gasteiger charge is -2.19. The average Bonchev–Trinajstić information content (AvgIpc) is 2.28. The van der Waals surface area contributed by atoms with Gasteiger partial charge in [0.2, 0.25) is 0 Å². The third-order valence-corrected chi connectivity index (χ3v) is 6.89. The number of hydrogen-bond acceptors (Lipinski definition) is 4. The number of rotatable bonds is 4. The molecule has 0 aliphatic heterocycles. The minimum absolute atomic E-state index is 0.0110. The smallest absolute Gasteiger partial charge is 0.258 e. The van der Waals surface area contributed by atoms with Gasteiger partial charge in [-0.2, -0.15) is 0 Å². The predicted octanol–water partition coefficient (Wildman–Crippen LogP) is 2.72. The normalized spacial score (nSPS) is 15.2. The van der Waals surface area contributed by atoms with Crippen LogP contribution in [-0.2, 0) is 9.84 Å². The third kappa shape index (κ3) is 2.78. The van der Waals surface area contributed by atoms with Gasteiger partial charge in [-0.1, -0.05) is 15.9 Å². The topological polar surface area (TPSA) is 77.3 Å². The minimum atomic E-state index is -3.67. The molecule has 8 heteroatoms. The second-order valence-electron chi connectivity index (χ2n) is 3.49. The van der Waals surface area contributed by atoms with Crippen molar-refractivity contribution >= 4 is 43.1 Å². The molecule has 5 nitrogen and oxygen atoms in total. The molecule has 0 bridgehead atoms. The number of sulfone groups is 1.